The lowest BCUT2D eigenvalue weighted by molar-refractivity contribution is 0.0697. The summed E-state index contributed by atoms with van der Waals surface area (Å²) in [7, 11) is 0. The van der Waals surface area contributed by atoms with Gasteiger partial charge in [-0.3, -0.25) is 0 Å². The van der Waals surface area contributed by atoms with Crippen LogP contribution < -0.4 is 4.90 Å². The first-order chi connectivity index (χ1) is 9.74. The Morgan fingerprint density at radius 2 is 2.05 bits per heavy atom. The molecule has 3 heterocycles. The average Bonchev–Trinajstić information content (AvgIpc) is 3.02. The van der Waals surface area contributed by atoms with E-state index in [4.69, 9.17) is 0 Å². The molecule has 1 aliphatic heterocycles. The van der Waals surface area contributed by atoms with Crippen LogP contribution in [0.5, 0.6) is 0 Å². The number of piperidine rings is 1. The minimum Gasteiger partial charge on any atom is -0.478 e. The number of anilines is 1. The van der Waals surface area contributed by atoms with E-state index in [0.717, 1.165) is 37.3 Å². The third-order valence-electron chi connectivity index (χ3n) is 3.63. The lowest BCUT2D eigenvalue weighted by Crippen LogP contribution is -2.30. The molecule has 1 saturated heterocycles. The van der Waals surface area contributed by atoms with E-state index in [2.05, 4.69) is 14.9 Å². The first-order valence-corrected chi connectivity index (χ1v) is 6.87. The van der Waals surface area contributed by atoms with Gasteiger partial charge in [0.25, 0.3) is 0 Å². The van der Waals surface area contributed by atoms with Gasteiger partial charge in [0.1, 0.15) is 5.82 Å². The van der Waals surface area contributed by atoms with Gasteiger partial charge in [0, 0.05) is 31.0 Å². The molecule has 5 nitrogen and oxygen atoms in total. The number of carboxylic acid groups (broad SMARTS) is 1. The van der Waals surface area contributed by atoms with Crippen molar-refractivity contribution in [2.45, 2.75) is 19.3 Å². The summed E-state index contributed by atoms with van der Waals surface area (Å²) < 4.78 is 0. The Morgan fingerprint density at radius 3 is 2.70 bits per heavy atom. The van der Waals surface area contributed by atoms with Crippen molar-refractivity contribution in [2.24, 2.45) is 0 Å². The molecule has 0 atom stereocenters. The molecule has 0 saturated carbocycles. The fourth-order valence-corrected chi connectivity index (χ4v) is 2.56. The lowest BCUT2D eigenvalue weighted by atomic mass is 10.1. The van der Waals surface area contributed by atoms with Gasteiger partial charge in [0.05, 0.1) is 11.3 Å². The Hall–Kier alpha value is -2.30. The number of carboxylic acids is 1. The zero-order chi connectivity index (χ0) is 13.9. The van der Waals surface area contributed by atoms with Crippen LogP contribution in [0.15, 0.2) is 30.6 Å². The van der Waals surface area contributed by atoms with Gasteiger partial charge in [-0.2, -0.15) is 0 Å². The summed E-state index contributed by atoms with van der Waals surface area (Å²) in [5, 5.41) is 9.28. The van der Waals surface area contributed by atoms with Gasteiger partial charge in [0.15, 0.2) is 0 Å². The minimum atomic E-state index is -0.914. The number of hydrogen-bond acceptors (Lipinski definition) is 3. The summed E-state index contributed by atoms with van der Waals surface area (Å²) in [6.45, 7) is 1.89. The number of nitrogens with zero attached hydrogens (tertiary/aromatic N) is 2. The molecule has 20 heavy (non-hydrogen) atoms. The van der Waals surface area contributed by atoms with E-state index in [1.165, 1.54) is 6.42 Å². The van der Waals surface area contributed by atoms with Crippen LogP contribution in [0.25, 0.3) is 11.3 Å². The summed E-state index contributed by atoms with van der Waals surface area (Å²) in [5.41, 5.74) is 1.90. The van der Waals surface area contributed by atoms with E-state index in [1.54, 1.807) is 12.1 Å². The second-order valence-electron chi connectivity index (χ2n) is 5.05. The number of pyridine rings is 1. The highest BCUT2D eigenvalue weighted by Crippen LogP contribution is 2.25. The number of hydrogen-bond donors (Lipinski definition) is 2. The molecule has 0 amide bonds. The van der Waals surface area contributed by atoms with E-state index in [1.807, 2.05) is 18.5 Å². The second kappa shape index (κ2) is 5.36. The third kappa shape index (κ3) is 2.52. The molecule has 1 aliphatic rings. The molecule has 2 aromatic rings. The predicted octanol–water partition coefficient (Wildman–Crippen LogP) is 2.77. The molecule has 2 aromatic heterocycles. The van der Waals surface area contributed by atoms with Gasteiger partial charge >= 0.3 is 5.97 Å². The molecular formula is C15H17N3O2. The van der Waals surface area contributed by atoms with Gasteiger partial charge in [0.2, 0.25) is 0 Å². The van der Waals surface area contributed by atoms with Crippen molar-refractivity contribution in [1.82, 2.24) is 9.97 Å². The van der Waals surface area contributed by atoms with Crippen LogP contribution in [0.2, 0.25) is 0 Å². The molecule has 0 aromatic carbocycles. The zero-order valence-corrected chi connectivity index (χ0v) is 11.2. The predicted molar refractivity (Wildman–Crippen MR) is 77.0 cm³/mol. The van der Waals surface area contributed by atoms with E-state index in [9.17, 15) is 9.90 Å². The van der Waals surface area contributed by atoms with Gasteiger partial charge < -0.3 is 15.0 Å². The highest BCUT2D eigenvalue weighted by atomic mass is 16.4. The summed E-state index contributed by atoms with van der Waals surface area (Å²) in [6.07, 6.45) is 7.15. The molecule has 3 rings (SSSR count). The topological polar surface area (TPSA) is 69.2 Å². The second-order valence-corrected chi connectivity index (χ2v) is 5.05. The van der Waals surface area contributed by atoms with Crippen molar-refractivity contribution in [3.8, 4) is 11.3 Å². The Labute approximate surface area is 117 Å². The van der Waals surface area contributed by atoms with E-state index in [0.29, 0.717) is 5.69 Å². The van der Waals surface area contributed by atoms with Gasteiger partial charge in [-0.25, -0.2) is 9.78 Å². The van der Waals surface area contributed by atoms with Crippen molar-refractivity contribution in [2.75, 3.05) is 18.0 Å². The number of aromatic carboxylic acids is 1. The summed E-state index contributed by atoms with van der Waals surface area (Å²) >= 11 is 0. The Morgan fingerprint density at radius 1 is 1.25 bits per heavy atom. The van der Waals surface area contributed by atoms with Crippen molar-refractivity contribution >= 4 is 11.8 Å². The van der Waals surface area contributed by atoms with Crippen molar-refractivity contribution in [1.29, 1.82) is 0 Å². The van der Waals surface area contributed by atoms with E-state index < -0.39 is 5.97 Å². The van der Waals surface area contributed by atoms with Gasteiger partial charge in [-0.1, -0.05) is 0 Å². The Balaban J connectivity index is 2.02. The van der Waals surface area contributed by atoms with Gasteiger partial charge in [-0.15, -0.1) is 0 Å². The van der Waals surface area contributed by atoms with E-state index >= 15 is 0 Å². The van der Waals surface area contributed by atoms with Crippen LogP contribution in [-0.2, 0) is 0 Å². The quantitative estimate of drug-likeness (QED) is 0.900. The van der Waals surface area contributed by atoms with Crippen LogP contribution in [-0.4, -0.2) is 34.1 Å². The Bertz CT molecular complexity index is 602. The third-order valence-corrected chi connectivity index (χ3v) is 3.63. The molecule has 0 unspecified atom stereocenters. The summed E-state index contributed by atoms with van der Waals surface area (Å²) in [4.78, 5) is 21.1. The smallest absolute Gasteiger partial charge is 0.335 e. The standard InChI is InChI=1S/C15H17N3O2/c19-15(20)12-8-13(11-4-5-16-10-11)17-14(9-12)18-6-2-1-3-7-18/h4-5,8-10,16H,1-3,6-7H2,(H,19,20). The molecule has 2 N–H and O–H groups in total. The molecule has 5 heteroatoms. The molecular weight excluding hydrogens is 254 g/mol. The first-order valence-electron chi connectivity index (χ1n) is 6.87. The number of nitrogens with one attached hydrogen (secondary N) is 1. The SMILES string of the molecule is O=C(O)c1cc(-c2cc[nH]c2)nc(N2CCCCC2)c1. The maximum absolute atomic E-state index is 11.3. The van der Waals surface area contributed by atoms with Crippen molar-refractivity contribution in [3.05, 3.63) is 36.2 Å². The van der Waals surface area contributed by atoms with Crippen LogP contribution in [0.3, 0.4) is 0 Å². The van der Waals surface area contributed by atoms with Gasteiger partial charge in [-0.05, 0) is 37.5 Å². The first kappa shape index (κ1) is 12.7. The summed E-state index contributed by atoms with van der Waals surface area (Å²) in [6, 6.07) is 5.19. The highest BCUT2D eigenvalue weighted by Gasteiger charge is 2.16. The van der Waals surface area contributed by atoms with Crippen LogP contribution in [0, 0.1) is 0 Å². The van der Waals surface area contributed by atoms with Crippen molar-refractivity contribution < 1.29 is 9.90 Å². The maximum atomic E-state index is 11.3. The van der Waals surface area contributed by atoms with Crippen LogP contribution >= 0.6 is 0 Å². The number of H-pyrrole nitrogens is 1. The number of rotatable bonds is 3. The molecule has 0 radical (unpaired) electrons. The molecule has 104 valence electrons. The van der Waals surface area contributed by atoms with Crippen LogP contribution in [0.4, 0.5) is 5.82 Å². The number of aromatic amines is 1. The molecule has 0 aliphatic carbocycles. The zero-order valence-electron chi connectivity index (χ0n) is 11.2. The highest BCUT2D eigenvalue weighted by molar-refractivity contribution is 5.90. The number of aromatic nitrogens is 2. The monoisotopic (exact) mass is 271 g/mol. The van der Waals surface area contributed by atoms with Crippen LogP contribution in [0.1, 0.15) is 29.6 Å². The lowest BCUT2D eigenvalue weighted by Gasteiger charge is -2.28. The fourth-order valence-electron chi connectivity index (χ4n) is 2.56. The summed E-state index contributed by atoms with van der Waals surface area (Å²) in [5.74, 6) is -0.150. The van der Waals surface area contributed by atoms with E-state index in [-0.39, 0.29) is 5.56 Å². The average molecular weight is 271 g/mol. The largest absolute Gasteiger partial charge is 0.478 e. The number of carbonyl (C=O) groups is 1. The molecule has 0 spiro atoms. The normalized spacial score (nSPS) is 15.3. The maximum Gasteiger partial charge on any atom is 0.335 e. The minimum absolute atomic E-state index is 0.289. The molecule has 1 fully saturated rings. The fraction of sp³-hybridized carbons (Fsp3) is 0.333. The molecule has 0 bridgehead atoms. The van der Waals surface area contributed by atoms with Crippen molar-refractivity contribution in [3.63, 3.8) is 0 Å². The Kier molecular flexibility index (Phi) is 3.41.